The number of carbonyl (C=O) groups is 1. The first-order valence-corrected chi connectivity index (χ1v) is 8.78. The summed E-state index contributed by atoms with van der Waals surface area (Å²) in [6.45, 7) is 5.79. The van der Waals surface area contributed by atoms with E-state index in [4.69, 9.17) is 0 Å². The Morgan fingerprint density at radius 3 is 2.38 bits per heavy atom. The fraction of sp³-hybridized carbons (Fsp3) is 0.643. The minimum atomic E-state index is -4.61. The molecule has 1 aromatic rings. The molecule has 1 rings (SSSR count). The van der Waals surface area contributed by atoms with E-state index in [-0.39, 0.29) is 17.6 Å². The van der Waals surface area contributed by atoms with Gasteiger partial charge in [0.2, 0.25) is 11.1 Å². The average Bonchev–Trinajstić information content (AvgIpc) is 2.44. The molecule has 0 aliphatic rings. The second-order valence-corrected chi connectivity index (χ2v) is 7.43. The van der Waals surface area contributed by atoms with Crippen molar-refractivity contribution in [1.82, 2.24) is 15.3 Å². The molecule has 24 heavy (non-hydrogen) atoms. The van der Waals surface area contributed by atoms with E-state index in [1.807, 2.05) is 0 Å². The van der Waals surface area contributed by atoms with Crippen molar-refractivity contribution < 1.29 is 22.2 Å². The molecule has 0 radical (unpaired) electrons. The van der Waals surface area contributed by atoms with E-state index in [9.17, 15) is 22.2 Å². The summed E-state index contributed by atoms with van der Waals surface area (Å²) in [4.78, 5) is 18.8. The highest BCUT2D eigenvalue weighted by Gasteiger charge is 2.35. The lowest BCUT2D eigenvalue weighted by atomic mass is 9.96. The van der Waals surface area contributed by atoms with E-state index < -0.39 is 33.8 Å². The summed E-state index contributed by atoms with van der Waals surface area (Å²) in [5, 5.41) is 5.10. The van der Waals surface area contributed by atoms with Crippen molar-refractivity contribution in [2.45, 2.75) is 38.5 Å². The lowest BCUT2D eigenvalue weighted by Gasteiger charge is -2.18. The molecule has 0 saturated heterocycles. The maximum Gasteiger partial charge on any atom is 0.421 e. The molecular formula is C14H21F3N4O2S. The van der Waals surface area contributed by atoms with Crippen LogP contribution >= 0.6 is 0 Å². The van der Waals surface area contributed by atoms with Crippen molar-refractivity contribution in [3.8, 4) is 0 Å². The normalized spacial score (nSPS) is 13.5. The Bertz CT molecular complexity index is 615. The van der Waals surface area contributed by atoms with E-state index in [0.717, 1.165) is 0 Å². The number of aromatic nitrogens is 2. The van der Waals surface area contributed by atoms with Gasteiger partial charge in [-0.25, -0.2) is 9.97 Å². The van der Waals surface area contributed by atoms with Crippen LogP contribution in [0.15, 0.2) is 11.4 Å². The fourth-order valence-electron chi connectivity index (χ4n) is 1.61. The second-order valence-electron chi connectivity index (χ2n) is 6.15. The van der Waals surface area contributed by atoms with Gasteiger partial charge >= 0.3 is 6.18 Å². The van der Waals surface area contributed by atoms with Crippen molar-refractivity contribution in [3.63, 3.8) is 0 Å². The zero-order chi connectivity index (χ0) is 18.5. The maximum atomic E-state index is 12.9. The van der Waals surface area contributed by atoms with Gasteiger partial charge in [0.1, 0.15) is 11.4 Å². The summed E-state index contributed by atoms with van der Waals surface area (Å²) in [5.41, 5.74) is -1.54. The highest BCUT2D eigenvalue weighted by atomic mass is 32.2. The standard InChI is InChI=1S/C14H21F3N4O2S/c1-13(2,3)11(22)19-7-5-6-18-10-9(14(15,16)17)8-20-12(21-10)24(4)23/h8H,5-7H2,1-4H3,(H,19,22)(H,18,20,21). The Balaban J connectivity index is 2.68. The molecule has 0 bridgehead atoms. The number of nitrogens with zero attached hydrogens (tertiary/aromatic N) is 2. The van der Waals surface area contributed by atoms with Gasteiger partial charge in [-0.3, -0.25) is 9.00 Å². The molecule has 0 aliphatic carbocycles. The predicted molar refractivity (Wildman–Crippen MR) is 84.9 cm³/mol. The van der Waals surface area contributed by atoms with Crippen LogP contribution in [-0.4, -0.2) is 39.4 Å². The van der Waals surface area contributed by atoms with Gasteiger partial charge in [0.05, 0.1) is 10.8 Å². The van der Waals surface area contributed by atoms with Gasteiger partial charge < -0.3 is 10.6 Å². The van der Waals surface area contributed by atoms with Crippen molar-refractivity contribution in [1.29, 1.82) is 0 Å². The number of hydrogen-bond acceptors (Lipinski definition) is 5. The van der Waals surface area contributed by atoms with Crippen molar-refractivity contribution >= 4 is 22.5 Å². The first-order chi connectivity index (χ1) is 10.9. The number of anilines is 1. The summed E-state index contributed by atoms with van der Waals surface area (Å²) in [7, 11) is -1.59. The molecule has 0 fully saturated rings. The molecule has 136 valence electrons. The van der Waals surface area contributed by atoms with Crippen LogP contribution in [0, 0.1) is 5.41 Å². The minimum Gasteiger partial charge on any atom is -0.369 e. The van der Waals surface area contributed by atoms with Gasteiger partial charge in [0.25, 0.3) is 0 Å². The zero-order valence-corrected chi connectivity index (χ0v) is 14.8. The molecule has 6 nitrogen and oxygen atoms in total. The first-order valence-electron chi connectivity index (χ1n) is 7.22. The molecule has 10 heteroatoms. The monoisotopic (exact) mass is 366 g/mol. The summed E-state index contributed by atoms with van der Waals surface area (Å²) in [6, 6.07) is 0. The third kappa shape index (κ3) is 6.06. The van der Waals surface area contributed by atoms with E-state index >= 15 is 0 Å². The number of rotatable bonds is 6. The summed E-state index contributed by atoms with van der Waals surface area (Å²) >= 11 is 0. The molecule has 1 aromatic heterocycles. The van der Waals surface area contributed by atoms with Gasteiger partial charge in [0.15, 0.2) is 0 Å². The largest absolute Gasteiger partial charge is 0.421 e. The number of amides is 1. The van der Waals surface area contributed by atoms with Crippen LogP contribution in [0.25, 0.3) is 0 Å². The smallest absolute Gasteiger partial charge is 0.369 e. The second kappa shape index (κ2) is 7.91. The quantitative estimate of drug-likeness (QED) is 0.596. The SMILES string of the molecule is CS(=O)c1ncc(C(F)(F)F)c(NCCCNC(=O)C(C)(C)C)n1. The van der Waals surface area contributed by atoms with Crippen LogP contribution < -0.4 is 10.6 Å². The molecule has 0 saturated carbocycles. The molecule has 2 N–H and O–H groups in total. The topological polar surface area (TPSA) is 84.0 Å². The van der Waals surface area contributed by atoms with Crippen LogP contribution in [0.1, 0.15) is 32.8 Å². The van der Waals surface area contributed by atoms with Crippen molar-refractivity contribution in [3.05, 3.63) is 11.8 Å². The Kier molecular flexibility index (Phi) is 6.70. The number of halogens is 3. The molecule has 0 spiro atoms. The van der Waals surface area contributed by atoms with E-state index in [1.165, 1.54) is 6.26 Å². The van der Waals surface area contributed by atoms with Gasteiger partial charge in [0, 0.05) is 31.0 Å². The highest BCUT2D eigenvalue weighted by molar-refractivity contribution is 7.84. The van der Waals surface area contributed by atoms with E-state index in [2.05, 4.69) is 20.6 Å². The summed E-state index contributed by atoms with van der Waals surface area (Å²) < 4.78 is 50.2. The van der Waals surface area contributed by atoms with Gasteiger partial charge in [-0.2, -0.15) is 13.2 Å². The molecule has 1 amide bonds. The molecule has 1 atom stereocenters. The van der Waals surface area contributed by atoms with Crippen LogP contribution in [0.5, 0.6) is 0 Å². The van der Waals surface area contributed by atoms with Gasteiger partial charge in [-0.05, 0) is 6.42 Å². The Morgan fingerprint density at radius 1 is 1.25 bits per heavy atom. The van der Waals surface area contributed by atoms with E-state index in [0.29, 0.717) is 19.2 Å². The van der Waals surface area contributed by atoms with Crippen LogP contribution in [0.3, 0.4) is 0 Å². The number of alkyl halides is 3. The molecular weight excluding hydrogens is 345 g/mol. The van der Waals surface area contributed by atoms with Crippen LogP contribution in [-0.2, 0) is 21.8 Å². The predicted octanol–water partition coefficient (Wildman–Crippen LogP) is 2.20. The number of hydrogen-bond donors (Lipinski definition) is 2. The van der Waals surface area contributed by atoms with E-state index in [1.54, 1.807) is 20.8 Å². The lowest BCUT2D eigenvalue weighted by Crippen LogP contribution is -2.35. The molecule has 1 unspecified atom stereocenters. The lowest BCUT2D eigenvalue weighted by molar-refractivity contribution is -0.137. The average molecular weight is 366 g/mol. The van der Waals surface area contributed by atoms with Gasteiger partial charge in [-0.15, -0.1) is 0 Å². The minimum absolute atomic E-state index is 0.135. The van der Waals surface area contributed by atoms with Gasteiger partial charge in [-0.1, -0.05) is 20.8 Å². The fourth-order valence-corrected chi connectivity index (χ4v) is 2.03. The summed E-state index contributed by atoms with van der Waals surface area (Å²) in [5.74, 6) is -0.547. The third-order valence-corrected chi connectivity index (χ3v) is 3.65. The molecule has 0 aromatic carbocycles. The number of nitrogens with one attached hydrogen (secondary N) is 2. The molecule has 1 heterocycles. The first kappa shape index (κ1) is 20.3. The zero-order valence-electron chi connectivity index (χ0n) is 14.0. The van der Waals surface area contributed by atoms with Crippen molar-refractivity contribution in [2.24, 2.45) is 5.41 Å². The Hall–Kier alpha value is -1.71. The third-order valence-electron chi connectivity index (χ3n) is 2.94. The van der Waals surface area contributed by atoms with Crippen LogP contribution in [0.4, 0.5) is 19.0 Å². The summed E-state index contributed by atoms with van der Waals surface area (Å²) in [6.07, 6.45) is -2.30. The molecule has 0 aliphatic heterocycles. The Labute approximate surface area is 141 Å². The van der Waals surface area contributed by atoms with Crippen molar-refractivity contribution in [2.75, 3.05) is 24.7 Å². The Morgan fingerprint density at radius 2 is 1.88 bits per heavy atom. The maximum absolute atomic E-state index is 12.9. The van der Waals surface area contributed by atoms with Crippen LogP contribution in [0.2, 0.25) is 0 Å². The number of carbonyl (C=O) groups excluding carboxylic acids is 1. The highest BCUT2D eigenvalue weighted by Crippen LogP contribution is 2.33.